The SMILES string of the molecule is COc1cc(N2CCOCC2)c2c(c1C(=O)/C=C/c1ccccc1F)OC(C)(C)C=C2. The van der Waals surface area contributed by atoms with Gasteiger partial charge in [0.2, 0.25) is 0 Å². The molecule has 0 amide bonds. The first-order chi connectivity index (χ1) is 14.9. The zero-order valence-electron chi connectivity index (χ0n) is 18.0. The van der Waals surface area contributed by atoms with E-state index in [9.17, 15) is 9.18 Å². The Morgan fingerprint density at radius 1 is 1.23 bits per heavy atom. The highest BCUT2D eigenvalue weighted by Crippen LogP contribution is 2.45. The normalized spacial score (nSPS) is 17.4. The Kier molecular flexibility index (Phi) is 5.83. The fourth-order valence-corrected chi connectivity index (χ4v) is 3.80. The van der Waals surface area contributed by atoms with Gasteiger partial charge in [0.25, 0.3) is 0 Å². The summed E-state index contributed by atoms with van der Waals surface area (Å²) in [6, 6.07) is 8.19. The van der Waals surface area contributed by atoms with Gasteiger partial charge in [0.1, 0.15) is 28.5 Å². The van der Waals surface area contributed by atoms with E-state index in [-0.39, 0.29) is 11.6 Å². The fourth-order valence-electron chi connectivity index (χ4n) is 3.80. The molecule has 2 heterocycles. The van der Waals surface area contributed by atoms with Gasteiger partial charge in [0.05, 0.1) is 26.0 Å². The summed E-state index contributed by atoms with van der Waals surface area (Å²) in [5, 5.41) is 0. The number of hydrogen-bond acceptors (Lipinski definition) is 5. The molecule has 1 fully saturated rings. The molecule has 6 heteroatoms. The summed E-state index contributed by atoms with van der Waals surface area (Å²) < 4.78 is 31.4. The lowest BCUT2D eigenvalue weighted by molar-refractivity contribution is 0.103. The minimum atomic E-state index is -0.577. The van der Waals surface area contributed by atoms with Gasteiger partial charge >= 0.3 is 0 Å². The van der Waals surface area contributed by atoms with Crippen molar-refractivity contribution in [3.63, 3.8) is 0 Å². The molecule has 0 radical (unpaired) electrons. The molecule has 0 bridgehead atoms. The number of carbonyl (C=O) groups excluding carboxylic acids is 1. The van der Waals surface area contributed by atoms with Gasteiger partial charge in [-0.1, -0.05) is 18.2 Å². The molecular weight excluding hydrogens is 397 g/mol. The maximum Gasteiger partial charge on any atom is 0.193 e. The lowest BCUT2D eigenvalue weighted by Gasteiger charge is -2.35. The first-order valence-corrected chi connectivity index (χ1v) is 10.3. The Labute approximate surface area is 181 Å². The summed E-state index contributed by atoms with van der Waals surface area (Å²) in [5.41, 5.74) is 1.88. The molecular formula is C25H26FNO4. The number of carbonyl (C=O) groups is 1. The van der Waals surface area contributed by atoms with E-state index in [1.165, 1.54) is 25.3 Å². The molecule has 0 saturated carbocycles. The van der Waals surface area contributed by atoms with Crippen LogP contribution in [0.5, 0.6) is 11.5 Å². The molecule has 5 nitrogen and oxygen atoms in total. The molecule has 0 atom stereocenters. The first kappa shape index (κ1) is 21.1. The van der Waals surface area contributed by atoms with Crippen molar-refractivity contribution >= 4 is 23.6 Å². The first-order valence-electron chi connectivity index (χ1n) is 10.3. The Hall–Kier alpha value is -3.12. The zero-order valence-corrected chi connectivity index (χ0v) is 18.0. The number of ether oxygens (including phenoxy) is 3. The number of allylic oxidation sites excluding steroid dienone is 1. The quantitative estimate of drug-likeness (QED) is 0.513. The predicted octanol–water partition coefficient (Wildman–Crippen LogP) is 4.75. The van der Waals surface area contributed by atoms with E-state index < -0.39 is 5.60 Å². The number of methoxy groups -OCH3 is 1. The molecule has 0 unspecified atom stereocenters. The van der Waals surface area contributed by atoms with Crippen LogP contribution in [0, 0.1) is 5.82 Å². The van der Waals surface area contributed by atoms with Gasteiger partial charge in [0, 0.05) is 30.3 Å². The van der Waals surface area contributed by atoms with Crippen molar-refractivity contribution in [2.24, 2.45) is 0 Å². The van der Waals surface area contributed by atoms with Crippen molar-refractivity contribution in [1.29, 1.82) is 0 Å². The van der Waals surface area contributed by atoms with Crippen LogP contribution in [0.2, 0.25) is 0 Å². The summed E-state index contributed by atoms with van der Waals surface area (Å²) in [6.45, 7) is 6.63. The molecule has 2 aliphatic rings. The van der Waals surface area contributed by atoms with Gasteiger partial charge < -0.3 is 19.1 Å². The average molecular weight is 423 g/mol. The largest absolute Gasteiger partial charge is 0.496 e. The topological polar surface area (TPSA) is 48.0 Å². The van der Waals surface area contributed by atoms with E-state index in [1.807, 2.05) is 32.1 Å². The summed E-state index contributed by atoms with van der Waals surface area (Å²) in [6.07, 6.45) is 6.82. The zero-order chi connectivity index (χ0) is 22.0. The van der Waals surface area contributed by atoms with Crippen LogP contribution in [0.4, 0.5) is 10.1 Å². The van der Waals surface area contributed by atoms with Gasteiger partial charge in [-0.3, -0.25) is 4.79 Å². The number of ketones is 1. The van der Waals surface area contributed by atoms with Crippen LogP contribution in [0.25, 0.3) is 12.2 Å². The molecule has 0 spiro atoms. The summed E-state index contributed by atoms with van der Waals surface area (Å²) in [7, 11) is 1.53. The summed E-state index contributed by atoms with van der Waals surface area (Å²) in [5.74, 6) is 0.213. The van der Waals surface area contributed by atoms with Gasteiger partial charge in [0.15, 0.2) is 5.78 Å². The van der Waals surface area contributed by atoms with E-state index in [0.717, 1.165) is 24.3 Å². The standard InChI is InChI=1S/C25H26FNO4/c1-25(2)11-10-18-20(27-12-14-30-15-13-27)16-22(29-3)23(24(18)31-25)21(28)9-8-17-6-4-5-7-19(17)26/h4-11,16H,12-15H2,1-3H3/b9-8+. The smallest absolute Gasteiger partial charge is 0.193 e. The number of anilines is 1. The predicted molar refractivity (Wildman–Crippen MR) is 120 cm³/mol. The van der Waals surface area contributed by atoms with Crippen LogP contribution in [0.15, 0.2) is 42.5 Å². The van der Waals surface area contributed by atoms with Crippen molar-refractivity contribution in [2.75, 3.05) is 38.3 Å². The molecule has 2 aromatic carbocycles. The molecule has 0 aromatic heterocycles. The van der Waals surface area contributed by atoms with Crippen LogP contribution in [-0.2, 0) is 4.74 Å². The van der Waals surface area contributed by atoms with Crippen LogP contribution >= 0.6 is 0 Å². The number of hydrogen-bond donors (Lipinski definition) is 0. The second kappa shape index (κ2) is 8.55. The number of nitrogens with zero attached hydrogens (tertiary/aromatic N) is 1. The highest BCUT2D eigenvalue weighted by Gasteiger charge is 2.32. The highest BCUT2D eigenvalue weighted by atomic mass is 19.1. The van der Waals surface area contributed by atoms with E-state index in [4.69, 9.17) is 14.2 Å². The van der Waals surface area contributed by atoms with E-state index in [2.05, 4.69) is 4.90 Å². The molecule has 0 N–H and O–H groups in total. The number of halogens is 1. The third-order valence-electron chi connectivity index (χ3n) is 5.42. The lowest BCUT2D eigenvalue weighted by Crippen LogP contribution is -2.37. The third kappa shape index (κ3) is 4.35. The minimum absolute atomic E-state index is 0.309. The van der Waals surface area contributed by atoms with Crippen molar-refractivity contribution in [1.82, 2.24) is 0 Å². The van der Waals surface area contributed by atoms with Crippen molar-refractivity contribution in [3.05, 3.63) is 65.0 Å². The second-order valence-electron chi connectivity index (χ2n) is 8.07. The van der Waals surface area contributed by atoms with E-state index >= 15 is 0 Å². The fraction of sp³-hybridized carbons (Fsp3) is 0.320. The van der Waals surface area contributed by atoms with Crippen LogP contribution in [0.1, 0.15) is 35.3 Å². The number of rotatable bonds is 5. The molecule has 2 aromatic rings. The van der Waals surface area contributed by atoms with Crippen molar-refractivity contribution in [2.45, 2.75) is 19.4 Å². The molecule has 0 aliphatic carbocycles. The maximum absolute atomic E-state index is 14.0. The van der Waals surface area contributed by atoms with Gasteiger partial charge in [-0.15, -0.1) is 0 Å². The monoisotopic (exact) mass is 423 g/mol. The van der Waals surface area contributed by atoms with Crippen molar-refractivity contribution in [3.8, 4) is 11.5 Å². The Balaban J connectivity index is 1.81. The number of fused-ring (bicyclic) bond motifs is 1. The Bertz CT molecular complexity index is 1050. The average Bonchev–Trinajstić information content (AvgIpc) is 2.77. The summed E-state index contributed by atoms with van der Waals surface area (Å²) in [4.78, 5) is 15.5. The molecule has 2 aliphatic heterocycles. The van der Waals surface area contributed by atoms with Gasteiger partial charge in [-0.25, -0.2) is 4.39 Å². The van der Waals surface area contributed by atoms with Gasteiger partial charge in [-0.2, -0.15) is 0 Å². The summed E-state index contributed by atoms with van der Waals surface area (Å²) >= 11 is 0. The number of morpholine rings is 1. The molecule has 4 rings (SSSR count). The van der Waals surface area contributed by atoms with Crippen LogP contribution in [0.3, 0.4) is 0 Å². The van der Waals surface area contributed by atoms with Crippen molar-refractivity contribution < 1.29 is 23.4 Å². The van der Waals surface area contributed by atoms with Crippen LogP contribution in [-0.4, -0.2) is 44.8 Å². The maximum atomic E-state index is 14.0. The Morgan fingerprint density at radius 3 is 2.68 bits per heavy atom. The van der Waals surface area contributed by atoms with Gasteiger partial charge in [-0.05, 0) is 44.2 Å². The molecule has 162 valence electrons. The lowest BCUT2D eigenvalue weighted by atomic mass is 9.95. The Morgan fingerprint density at radius 2 is 1.97 bits per heavy atom. The highest BCUT2D eigenvalue weighted by molar-refractivity contribution is 6.12. The van der Waals surface area contributed by atoms with E-state index in [0.29, 0.717) is 35.8 Å². The minimum Gasteiger partial charge on any atom is -0.496 e. The number of benzene rings is 2. The third-order valence-corrected chi connectivity index (χ3v) is 5.42. The molecule has 1 saturated heterocycles. The van der Waals surface area contributed by atoms with E-state index in [1.54, 1.807) is 18.2 Å². The second-order valence-corrected chi connectivity index (χ2v) is 8.07. The van der Waals surface area contributed by atoms with Crippen LogP contribution < -0.4 is 14.4 Å². The molecule has 31 heavy (non-hydrogen) atoms.